The molecule has 1 amide bonds. The minimum Gasteiger partial charge on any atom is -0.352 e. The first-order valence-corrected chi connectivity index (χ1v) is 11.9. The molecular weight excluding hydrogens is 386 g/mol. The van der Waals surface area contributed by atoms with Crippen LogP contribution in [0.5, 0.6) is 0 Å². The number of rotatable bonds is 8. The molecule has 0 aromatic carbocycles. The second-order valence-electron chi connectivity index (χ2n) is 8.46. The summed E-state index contributed by atoms with van der Waals surface area (Å²) in [6.07, 6.45) is 8.36. The SMILES string of the molecule is CCCCCn1c(=O)n(CC(=O)NC2CCCCC2)c(=O)c2c(C(C)C)csc21. The number of thiophene rings is 1. The molecule has 6 nitrogen and oxygen atoms in total. The third-order valence-corrected chi connectivity index (χ3v) is 6.86. The Labute approximate surface area is 175 Å². The van der Waals surface area contributed by atoms with Gasteiger partial charge in [0.25, 0.3) is 5.56 Å². The molecule has 3 rings (SSSR count). The van der Waals surface area contributed by atoms with Crippen molar-refractivity contribution in [2.24, 2.45) is 0 Å². The van der Waals surface area contributed by atoms with Gasteiger partial charge in [-0.15, -0.1) is 11.3 Å². The minimum absolute atomic E-state index is 0.162. The lowest BCUT2D eigenvalue weighted by molar-refractivity contribution is -0.122. The summed E-state index contributed by atoms with van der Waals surface area (Å²) in [7, 11) is 0. The predicted octanol–water partition coefficient (Wildman–Crippen LogP) is 3.99. The fourth-order valence-corrected chi connectivity index (χ4v) is 5.42. The summed E-state index contributed by atoms with van der Waals surface area (Å²) < 4.78 is 2.85. The van der Waals surface area contributed by atoms with Gasteiger partial charge in [0, 0.05) is 12.6 Å². The van der Waals surface area contributed by atoms with Gasteiger partial charge in [0.2, 0.25) is 5.91 Å². The summed E-state index contributed by atoms with van der Waals surface area (Å²) in [6, 6.07) is 0.162. The van der Waals surface area contributed by atoms with Gasteiger partial charge in [-0.1, -0.05) is 52.9 Å². The third-order valence-electron chi connectivity index (χ3n) is 5.85. The van der Waals surface area contributed by atoms with Crippen LogP contribution in [0.3, 0.4) is 0 Å². The van der Waals surface area contributed by atoms with Crippen LogP contribution in [0.4, 0.5) is 0 Å². The van der Waals surface area contributed by atoms with Crippen LogP contribution in [0.2, 0.25) is 0 Å². The van der Waals surface area contributed by atoms with Gasteiger partial charge in [-0.05, 0) is 36.1 Å². The molecule has 1 fully saturated rings. The number of nitrogens with one attached hydrogen (secondary N) is 1. The molecule has 0 aliphatic heterocycles. The maximum atomic E-state index is 13.2. The van der Waals surface area contributed by atoms with Crippen molar-refractivity contribution in [1.29, 1.82) is 0 Å². The van der Waals surface area contributed by atoms with E-state index < -0.39 is 0 Å². The van der Waals surface area contributed by atoms with Crippen LogP contribution >= 0.6 is 11.3 Å². The Kier molecular flexibility index (Phi) is 7.33. The maximum absolute atomic E-state index is 13.2. The Morgan fingerprint density at radius 2 is 1.90 bits per heavy atom. The van der Waals surface area contributed by atoms with Crippen molar-refractivity contribution in [1.82, 2.24) is 14.5 Å². The van der Waals surface area contributed by atoms with Gasteiger partial charge in [0.15, 0.2) is 0 Å². The Bertz CT molecular complexity index is 964. The zero-order valence-electron chi connectivity index (χ0n) is 17.8. The molecule has 2 aromatic heterocycles. The van der Waals surface area contributed by atoms with Crippen molar-refractivity contribution in [2.75, 3.05) is 0 Å². The van der Waals surface area contributed by atoms with Gasteiger partial charge in [-0.2, -0.15) is 0 Å². The van der Waals surface area contributed by atoms with Gasteiger partial charge < -0.3 is 5.32 Å². The van der Waals surface area contributed by atoms with Crippen LogP contribution in [-0.4, -0.2) is 21.1 Å². The molecular formula is C22H33N3O3S. The largest absolute Gasteiger partial charge is 0.352 e. The number of amides is 1. The summed E-state index contributed by atoms with van der Waals surface area (Å²) >= 11 is 1.46. The van der Waals surface area contributed by atoms with E-state index in [4.69, 9.17) is 0 Å². The first kappa shape index (κ1) is 21.8. The first-order chi connectivity index (χ1) is 13.9. The highest BCUT2D eigenvalue weighted by Gasteiger charge is 2.22. The summed E-state index contributed by atoms with van der Waals surface area (Å²) in [5.74, 6) is -0.0561. The molecule has 0 radical (unpaired) electrons. The lowest BCUT2D eigenvalue weighted by Gasteiger charge is -2.23. The van der Waals surface area contributed by atoms with Gasteiger partial charge >= 0.3 is 5.69 Å². The summed E-state index contributed by atoms with van der Waals surface area (Å²) in [5.41, 5.74) is 0.260. The minimum atomic E-state index is -0.366. The number of carbonyl (C=O) groups is 1. The van der Waals surface area contributed by atoms with Gasteiger partial charge in [0.05, 0.1) is 5.39 Å². The zero-order valence-corrected chi connectivity index (χ0v) is 18.6. The molecule has 7 heteroatoms. The molecule has 0 saturated heterocycles. The number of unbranched alkanes of at least 4 members (excludes halogenated alkanes) is 2. The Morgan fingerprint density at radius 1 is 1.17 bits per heavy atom. The summed E-state index contributed by atoms with van der Waals surface area (Å²) in [4.78, 5) is 39.8. The van der Waals surface area contributed by atoms with Crippen molar-refractivity contribution in [3.8, 4) is 0 Å². The number of hydrogen-bond acceptors (Lipinski definition) is 4. The van der Waals surface area contributed by atoms with Crippen molar-refractivity contribution in [2.45, 2.75) is 97.2 Å². The van der Waals surface area contributed by atoms with Crippen LogP contribution in [0.25, 0.3) is 10.2 Å². The quantitative estimate of drug-likeness (QED) is 0.658. The average Bonchev–Trinajstić information content (AvgIpc) is 3.14. The van der Waals surface area contributed by atoms with Crippen LogP contribution < -0.4 is 16.6 Å². The van der Waals surface area contributed by atoms with Crippen LogP contribution in [0.15, 0.2) is 15.0 Å². The maximum Gasteiger partial charge on any atom is 0.332 e. The number of aromatic nitrogens is 2. The first-order valence-electron chi connectivity index (χ1n) is 11.0. The number of nitrogens with zero attached hydrogens (tertiary/aromatic N) is 2. The highest BCUT2D eigenvalue weighted by molar-refractivity contribution is 7.17. The molecule has 2 heterocycles. The van der Waals surface area contributed by atoms with E-state index in [1.807, 2.05) is 19.2 Å². The van der Waals surface area contributed by atoms with E-state index in [-0.39, 0.29) is 35.7 Å². The Hall–Kier alpha value is -1.89. The molecule has 0 bridgehead atoms. The molecule has 1 saturated carbocycles. The highest BCUT2D eigenvalue weighted by Crippen LogP contribution is 2.28. The molecule has 1 N–H and O–H groups in total. The second kappa shape index (κ2) is 9.74. The standard InChI is InChI=1S/C22H33N3O3S/c1-4-5-9-12-24-21-19(17(14-29-21)15(2)3)20(27)25(22(24)28)13-18(26)23-16-10-7-6-8-11-16/h14-16H,4-13H2,1-3H3,(H,23,26). The normalized spacial score (nSPS) is 15.3. The van der Waals surface area contributed by atoms with E-state index in [1.165, 1.54) is 17.8 Å². The molecule has 1 aliphatic carbocycles. The van der Waals surface area contributed by atoms with Crippen molar-refractivity contribution in [3.05, 3.63) is 31.8 Å². The fourth-order valence-electron chi connectivity index (χ4n) is 4.17. The smallest absolute Gasteiger partial charge is 0.332 e. The van der Waals surface area contributed by atoms with Crippen LogP contribution in [0.1, 0.15) is 83.6 Å². The second-order valence-corrected chi connectivity index (χ2v) is 9.32. The molecule has 0 unspecified atom stereocenters. The van der Waals surface area contributed by atoms with E-state index in [1.54, 1.807) is 4.57 Å². The molecule has 29 heavy (non-hydrogen) atoms. The van der Waals surface area contributed by atoms with E-state index in [0.717, 1.165) is 59.9 Å². The van der Waals surface area contributed by atoms with Gasteiger partial charge in [-0.3, -0.25) is 18.7 Å². The monoisotopic (exact) mass is 419 g/mol. The van der Waals surface area contributed by atoms with E-state index in [2.05, 4.69) is 12.2 Å². The lowest BCUT2D eigenvalue weighted by Crippen LogP contribution is -2.46. The molecule has 0 spiro atoms. The van der Waals surface area contributed by atoms with E-state index in [0.29, 0.717) is 11.9 Å². The molecule has 160 valence electrons. The Morgan fingerprint density at radius 3 is 2.55 bits per heavy atom. The lowest BCUT2D eigenvalue weighted by atomic mass is 9.95. The fraction of sp³-hybridized carbons (Fsp3) is 0.682. The highest BCUT2D eigenvalue weighted by atomic mass is 32.1. The third kappa shape index (κ3) is 4.82. The van der Waals surface area contributed by atoms with Crippen LogP contribution in [-0.2, 0) is 17.9 Å². The van der Waals surface area contributed by atoms with Crippen molar-refractivity contribution in [3.63, 3.8) is 0 Å². The van der Waals surface area contributed by atoms with E-state index in [9.17, 15) is 14.4 Å². The van der Waals surface area contributed by atoms with E-state index >= 15 is 0 Å². The zero-order chi connectivity index (χ0) is 21.0. The summed E-state index contributed by atoms with van der Waals surface area (Å²) in [6.45, 7) is 6.59. The van der Waals surface area contributed by atoms with Crippen molar-refractivity contribution < 1.29 is 4.79 Å². The number of carbonyl (C=O) groups excluding carboxylic acids is 1. The van der Waals surface area contributed by atoms with Crippen LogP contribution in [0, 0.1) is 0 Å². The molecule has 2 aromatic rings. The summed E-state index contributed by atoms with van der Waals surface area (Å²) in [5, 5.41) is 5.62. The predicted molar refractivity (Wildman–Crippen MR) is 119 cm³/mol. The average molecular weight is 420 g/mol. The molecule has 0 atom stereocenters. The topological polar surface area (TPSA) is 73.1 Å². The van der Waals surface area contributed by atoms with Gasteiger partial charge in [0.1, 0.15) is 11.4 Å². The molecule has 1 aliphatic rings. The Balaban J connectivity index is 1.98. The number of hydrogen-bond donors (Lipinski definition) is 1. The number of fused-ring (bicyclic) bond motifs is 1. The van der Waals surface area contributed by atoms with Gasteiger partial charge in [-0.25, -0.2) is 4.79 Å². The number of aryl methyl sites for hydroxylation is 1. The van der Waals surface area contributed by atoms with Crippen molar-refractivity contribution >= 4 is 27.5 Å².